The highest BCUT2D eigenvalue weighted by atomic mass is 19.2. The van der Waals surface area contributed by atoms with E-state index in [9.17, 15) is 28.2 Å². The van der Waals surface area contributed by atoms with E-state index in [2.05, 4.69) is 10.4 Å². The van der Waals surface area contributed by atoms with Gasteiger partial charge in [0.1, 0.15) is 12.4 Å². The van der Waals surface area contributed by atoms with E-state index < -0.39 is 54.3 Å². The molecule has 0 fully saturated rings. The van der Waals surface area contributed by atoms with Crippen molar-refractivity contribution in [3.63, 3.8) is 0 Å². The van der Waals surface area contributed by atoms with Crippen LogP contribution in [0.1, 0.15) is 40.5 Å². The van der Waals surface area contributed by atoms with E-state index in [-0.39, 0.29) is 11.4 Å². The normalized spacial score (nSPS) is 11.8. The summed E-state index contributed by atoms with van der Waals surface area (Å²) in [6, 6.07) is 4.74. The molecule has 3 rings (SSSR count). The lowest BCUT2D eigenvalue weighted by Crippen LogP contribution is -2.53. The van der Waals surface area contributed by atoms with Gasteiger partial charge in [-0.3, -0.25) is 4.79 Å². The molecule has 0 aliphatic heterocycles. The number of nitrogens with one attached hydrogen (secondary N) is 1. The van der Waals surface area contributed by atoms with E-state index in [1.54, 1.807) is 32.9 Å². The fraction of sp³-hybridized carbons (Fsp3) is 0.364. The Morgan fingerprint density at radius 2 is 1.81 bits per heavy atom. The van der Waals surface area contributed by atoms with Crippen LogP contribution >= 0.6 is 0 Å². The second kappa shape index (κ2) is 9.17. The van der Waals surface area contributed by atoms with Crippen LogP contribution in [0.4, 0.5) is 13.2 Å². The maximum Gasteiger partial charge on any atom is 0.255 e. The van der Waals surface area contributed by atoms with Gasteiger partial charge in [0.05, 0.1) is 41.1 Å². The van der Waals surface area contributed by atoms with Crippen molar-refractivity contribution in [2.75, 3.05) is 13.2 Å². The number of nitrogens with zero attached hydrogens (tertiary/aromatic N) is 2. The maximum atomic E-state index is 14.0. The molecule has 0 aliphatic carbocycles. The number of ether oxygens (including phenoxy) is 1. The van der Waals surface area contributed by atoms with Crippen LogP contribution in [0.15, 0.2) is 24.3 Å². The Labute approximate surface area is 182 Å². The van der Waals surface area contributed by atoms with Crippen LogP contribution < -0.4 is 10.1 Å². The summed E-state index contributed by atoms with van der Waals surface area (Å²) < 4.78 is 48.3. The van der Waals surface area contributed by atoms with Crippen LogP contribution in [0.5, 0.6) is 5.88 Å². The number of aliphatic hydroxyl groups excluding tert-OH is 2. The first-order chi connectivity index (χ1) is 15.2. The SMILES string of the molecule is CCC(CO)(CO)NC(=O)c1c(C)nn2c(OCc3c(F)ccc(F)c3F)cc(C)cc12. The van der Waals surface area contributed by atoms with Crippen molar-refractivity contribution in [3.8, 4) is 5.88 Å². The number of fused-ring (bicyclic) bond motifs is 1. The molecule has 0 bridgehead atoms. The number of carbonyl (C=O) groups is 1. The smallest absolute Gasteiger partial charge is 0.255 e. The molecule has 7 nitrogen and oxygen atoms in total. The van der Waals surface area contributed by atoms with Crippen molar-refractivity contribution in [2.24, 2.45) is 0 Å². The van der Waals surface area contributed by atoms with Gasteiger partial charge in [0.25, 0.3) is 5.91 Å². The molecule has 172 valence electrons. The van der Waals surface area contributed by atoms with Crippen LogP contribution in [0.25, 0.3) is 5.52 Å². The highest BCUT2D eigenvalue weighted by molar-refractivity contribution is 6.02. The van der Waals surface area contributed by atoms with Gasteiger partial charge in [0, 0.05) is 6.07 Å². The van der Waals surface area contributed by atoms with Crippen molar-refractivity contribution in [1.29, 1.82) is 0 Å². The number of halogens is 3. The zero-order chi connectivity index (χ0) is 23.6. The summed E-state index contributed by atoms with van der Waals surface area (Å²) in [5, 5.41) is 26.2. The molecule has 0 aliphatic rings. The Bertz CT molecular complexity index is 1150. The maximum absolute atomic E-state index is 14.0. The van der Waals surface area contributed by atoms with Crippen molar-refractivity contribution in [1.82, 2.24) is 14.9 Å². The molecule has 0 saturated carbocycles. The predicted octanol–water partition coefficient (Wildman–Crippen LogP) is 2.81. The molecular formula is C22H24F3N3O4. The number of benzene rings is 1. The number of aromatic nitrogens is 2. The third kappa shape index (κ3) is 4.28. The average molecular weight is 451 g/mol. The van der Waals surface area contributed by atoms with Crippen LogP contribution in [-0.4, -0.2) is 44.5 Å². The van der Waals surface area contributed by atoms with E-state index >= 15 is 0 Å². The van der Waals surface area contributed by atoms with Gasteiger partial charge in [0.2, 0.25) is 5.88 Å². The summed E-state index contributed by atoms with van der Waals surface area (Å²) in [5.41, 5.74) is -0.208. The molecule has 1 amide bonds. The van der Waals surface area contributed by atoms with Crippen LogP contribution in [0.2, 0.25) is 0 Å². The van der Waals surface area contributed by atoms with Gasteiger partial charge in [-0.05, 0) is 44.0 Å². The largest absolute Gasteiger partial charge is 0.473 e. The Morgan fingerprint density at radius 3 is 2.44 bits per heavy atom. The Balaban J connectivity index is 2.00. The number of pyridine rings is 1. The fourth-order valence-corrected chi connectivity index (χ4v) is 3.33. The molecule has 3 aromatic rings. The molecular weight excluding hydrogens is 427 g/mol. The third-order valence-electron chi connectivity index (χ3n) is 5.41. The summed E-state index contributed by atoms with van der Waals surface area (Å²) >= 11 is 0. The van der Waals surface area contributed by atoms with E-state index in [1.165, 1.54) is 4.52 Å². The molecule has 2 heterocycles. The highest BCUT2D eigenvalue weighted by Gasteiger charge is 2.31. The summed E-state index contributed by atoms with van der Waals surface area (Å²) in [7, 11) is 0. The lowest BCUT2D eigenvalue weighted by atomic mass is 9.97. The second-order valence-electron chi connectivity index (χ2n) is 7.64. The van der Waals surface area contributed by atoms with Crippen LogP contribution in [0, 0.1) is 31.3 Å². The number of aryl methyl sites for hydroxylation is 2. The minimum atomic E-state index is -1.34. The minimum Gasteiger partial charge on any atom is -0.473 e. The Kier molecular flexibility index (Phi) is 6.75. The lowest BCUT2D eigenvalue weighted by molar-refractivity contribution is 0.0653. The van der Waals surface area contributed by atoms with E-state index in [4.69, 9.17) is 4.74 Å². The lowest BCUT2D eigenvalue weighted by Gasteiger charge is -2.29. The van der Waals surface area contributed by atoms with Gasteiger partial charge >= 0.3 is 0 Å². The number of hydrogen-bond acceptors (Lipinski definition) is 5. The third-order valence-corrected chi connectivity index (χ3v) is 5.41. The van der Waals surface area contributed by atoms with E-state index in [1.807, 2.05) is 0 Å². The molecule has 10 heteroatoms. The Morgan fingerprint density at radius 1 is 1.16 bits per heavy atom. The quantitative estimate of drug-likeness (QED) is 0.458. The van der Waals surface area contributed by atoms with Gasteiger partial charge in [-0.1, -0.05) is 6.92 Å². The number of rotatable bonds is 8. The molecule has 0 saturated heterocycles. The van der Waals surface area contributed by atoms with Crippen molar-refractivity contribution >= 4 is 11.4 Å². The van der Waals surface area contributed by atoms with Crippen LogP contribution in [0.3, 0.4) is 0 Å². The van der Waals surface area contributed by atoms with E-state index in [0.717, 1.165) is 6.07 Å². The molecule has 3 N–H and O–H groups in total. The number of amides is 1. The number of aliphatic hydroxyl groups is 2. The first kappa shape index (κ1) is 23.6. The van der Waals surface area contributed by atoms with Crippen molar-refractivity contribution in [2.45, 2.75) is 39.3 Å². The number of hydrogen-bond donors (Lipinski definition) is 3. The van der Waals surface area contributed by atoms with Crippen LogP contribution in [-0.2, 0) is 6.61 Å². The van der Waals surface area contributed by atoms with Crippen molar-refractivity contribution < 1.29 is 32.9 Å². The topological polar surface area (TPSA) is 96.1 Å². The first-order valence-electron chi connectivity index (χ1n) is 9.95. The zero-order valence-corrected chi connectivity index (χ0v) is 17.9. The van der Waals surface area contributed by atoms with Gasteiger partial charge in [-0.25, -0.2) is 13.2 Å². The molecule has 0 radical (unpaired) electrons. The Hall–Kier alpha value is -3.11. The zero-order valence-electron chi connectivity index (χ0n) is 17.9. The van der Waals surface area contributed by atoms with Crippen molar-refractivity contribution in [3.05, 3.63) is 64.1 Å². The highest BCUT2D eigenvalue weighted by Crippen LogP contribution is 2.26. The van der Waals surface area contributed by atoms with Gasteiger partial charge in [0.15, 0.2) is 11.6 Å². The molecule has 0 spiro atoms. The molecule has 0 unspecified atom stereocenters. The monoisotopic (exact) mass is 451 g/mol. The van der Waals surface area contributed by atoms with Gasteiger partial charge in [-0.15, -0.1) is 0 Å². The standard InChI is InChI=1S/C22H24F3N3O4/c1-4-22(10-29,11-30)26-21(31)19-13(3)27-28-17(19)7-12(2)8-18(28)32-9-14-15(23)5-6-16(24)20(14)25/h5-8,29-30H,4,9-11H2,1-3H3,(H,26,31). The molecule has 0 atom stereocenters. The summed E-state index contributed by atoms with van der Waals surface area (Å²) in [6.45, 7) is 3.54. The average Bonchev–Trinajstić information content (AvgIpc) is 3.10. The van der Waals surface area contributed by atoms with E-state index in [0.29, 0.717) is 29.3 Å². The first-order valence-corrected chi connectivity index (χ1v) is 9.95. The summed E-state index contributed by atoms with van der Waals surface area (Å²) in [4.78, 5) is 13.0. The molecule has 1 aromatic carbocycles. The molecule has 32 heavy (non-hydrogen) atoms. The van der Waals surface area contributed by atoms with Gasteiger partial charge in [-0.2, -0.15) is 9.61 Å². The summed E-state index contributed by atoms with van der Waals surface area (Å²) in [5.74, 6) is -3.94. The predicted molar refractivity (Wildman–Crippen MR) is 110 cm³/mol. The number of carbonyl (C=O) groups excluding carboxylic acids is 1. The summed E-state index contributed by atoms with van der Waals surface area (Å²) in [6.07, 6.45) is 0.294. The molecule has 2 aromatic heterocycles. The second-order valence-corrected chi connectivity index (χ2v) is 7.64. The fourth-order valence-electron chi connectivity index (χ4n) is 3.33. The van der Waals surface area contributed by atoms with Gasteiger partial charge < -0.3 is 20.3 Å². The minimum absolute atomic E-state index is 0.0938.